The summed E-state index contributed by atoms with van der Waals surface area (Å²) >= 11 is 1.31. The summed E-state index contributed by atoms with van der Waals surface area (Å²) in [6.07, 6.45) is 1.56. The molecule has 184 valence electrons. The van der Waals surface area contributed by atoms with Crippen molar-refractivity contribution in [1.82, 2.24) is 20.2 Å². The van der Waals surface area contributed by atoms with Gasteiger partial charge in [0.2, 0.25) is 0 Å². The van der Waals surface area contributed by atoms with E-state index in [0.717, 1.165) is 22.6 Å². The summed E-state index contributed by atoms with van der Waals surface area (Å²) in [4.78, 5) is 12.5. The van der Waals surface area contributed by atoms with Gasteiger partial charge in [-0.1, -0.05) is 87.1 Å². The van der Waals surface area contributed by atoms with Gasteiger partial charge < -0.3 is 4.74 Å². The summed E-state index contributed by atoms with van der Waals surface area (Å²) in [5, 5.41) is 13.6. The average Bonchev–Trinajstić information content (AvgIpc) is 3.32. The van der Waals surface area contributed by atoms with Crippen LogP contribution in [0.2, 0.25) is 0 Å². The van der Waals surface area contributed by atoms with Crippen molar-refractivity contribution in [3.8, 4) is 22.8 Å². The molecule has 8 heteroatoms. The molecule has 1 heterocycles. The van der Waals surface area contributed by atoms with Crippen LogP contribution in [0.5, 0.6) is 5.75 Å². The van der Waals surface area contributed by atoms with E-state index in [-0.39, 0.29) is 17.1 Å². The van der Waals surface area contributed by atoms with Crippen LogP contribution in [0.15, 0.2) is 89.1 Å². The quantitative estimate of drug-likeness (QED) is 0.197. The van der Waals surface area contributed by atoms with Crippen molar-refractivity contribution < 1.29 is 9.53 Å². The predicted molar refractivity (Wildman–Crippen MR) is 145 cm³/mol. The number of ether oxygens (including phenoxy) is 1. The van der Waals surface area contributed by atoms with Gasteiger partial charge in [0, 0.05) is 16.8 Å². The fourth-order valence-electron chi connectivity index (χ4n) is 3.59. The molecule has 0 radical (unpaired) electrons. The number of nitrogens with zero attached hydrogens (tertiary/aromatic N) is 4. The molecule has 1 amide bonds. The maximum Gasteiger partial charge on any atom is 0.250 e. The number of para-hydroxylation sites is 2. The molecule has 0 unspecified atom stereocenters. The molecular formula is C28H29N5O2S. The zero-order valence-corrected chi connectivity index (χ0v) is 21.6. The number of carbonyl (C=O) groups is 1. The molecule has 7 nitrogen and oxygen atoms in total. The number of rotatable bonds is 8. The molecular weight excluding hydrogens is 470 g/mol. The molecule has 0 aliphatic carbocycles. The number of aromatic nitrogens is 3. The molecule has 0 bridgehead atoms. The van der Waals surface area contributed by atoms with Crippen LogP contribution in [0.3, 0.4) is 0 Å². The van der Waals surface area contributed by atoms with Crippen molar-refractivity contribution in [3.63, 3.8) is 0 Å². The minimum absolute atomic E-state index is 0.0636. The standard InChI is InChI=1S/C28H29N5O2S/c1-28(2,3)22-16-14-20(15-17-22)26-31-32-27(33(26)23-11-6-5-7-12-23)36-19-25(34)30-29-18-21-10-8-9-13-24(21)35-4/h5-18H,19H2,1-4H3,(H,30,34). The Hall–Kier alpha value is -3.91. The first-order valence-corrected chi connectivity index (χ1v) is 12.5. The Bertz CT molecular complexity index is 1340. The largest absolute Gasteiger partial charge is 0.496 e. The molecule has 4 rings (SSSR count). The van der Waals surface area contributed by atoms with Crippen molar-refractivity contribution in [1.29, 1.82) is 0 Å². The van der Waals surface area contributed by atoms with Gasteiger partial charge >= 0.3 is 0 Å². The third kappa shape index (κ3) is 6.01. The van der Waals surface area contributed by atoms with Gasteiger partial charge in [0.05, 0.1) is 19.1 Å². The van der Waals surface area contributed by atoms with Crippen LogP contribution in [-0.4, -0.2) is 39.7 Å². The summed E-state index contributed by atoms with van der Waals surface area (Å²) in [5.74, 6) is 1.30. The van der Waals surface area contributed by atoms with Crippen molar-refractivity contribution >= 4 is 23.9 Å². The summed E-state index contributed by atoms with van der Waals surface area (Å²) in [6.45, 7) is 6.57. The van der Waals surface area contributed by atoms with E-state index >= 15 is 0 Å². The van der Waals surface area contributed by atoms with E-state index in [4.69, 9.17) is 4.74 Å². The third-order valence-corrected chi connectivity index (χ3v) is 6.45. The number of amides is 1. The Balaban J connectivity index is 1.51. The maximum atomic E-state index is 12.5. The van der Waals surface area contributed by atoms with E-state index in [1.165, 1.54) is 17.3 Å². The van der Waals surface area contributed by atoms with Gasteiger partial charge in [-0.05, 0) is 35.2 Å². The number of benzene rings is 3. The second-order valence-corrected chi connectivity index (χ2v) is 10.1. The van der Waals surface area contributed by atoms with Crippen LogP contribution in [0.25, 0.3) is 17.1 Å². The van der Waals surface area contributed by atoms with Crippen LogP contribution in [0, 0.1) is 0 Å². The fraction of sp³-hybridized carbons (Fsp3) is 0.214. The van der Waals surface area contributed by atoms with Gasteiger partial charge in [-0.15, -0.1) is 10.2 Å². The van der Waals surface area contributed by atoms with E-state index in [2.05, 4.69) is 65.8 Å². The molecule has 0 aliphatic rings. The Morgan fingerprint density at radius 2 is 1.69 bits per heavy atom. The predicted octanol–water partition coefficient (Wildman–Crippen LogP) is 5.48. The molecule has 1 aromatic heterocycles. The van der Waals surface area contributed by atoms with Crippen molar-refractivity contribution in [3.05, 3.63) is 90.0 Å². The molecule has 3 aromatic carbocycles. The van der Waals surface area contributed by atoms with E-state index < -0.39 is 0 Å². The van der Waals surface area contributed by atoms with Crippen molar-refractivity contribution in [2.24, 2.45) is 5.10 Å². The van der Waals surface area contributed by atoms with Crippen molar-refractivity contribution in [2.45, 2.75) is 31.3 Å². The Labute approximate surface area is 215 Å². The van der Waals surface area contributed by atoms with E-state index in [1.807, 2.05) is 59.2 Å². The lowest BCUT2D eigenvalue weighted by Gasteiger charge is -2.19. The lowest BCUT2D eigenvalue weighted by atomic mass is 9.87. The summed E-state index contributed by atoms with van der Waals surface area (Å²) in [7, 11) is 1.60. The molecule has 0 aliphatic heterocycles. The number of nitrogens with one attached hydrogen (secondary N) is 1. The van der Waals surface area contributed by atoms with Crippen LogP contribution in [0.4, 0.5) is 0 Å². The first kappa shape index (κ1) is 25.2. The van der Waals surface area contributed by atoms with E-state index in [0.29, 0.717) is 10.9 Å². The normalized spacial score (nSPS) is 11.6. The van der Waals surface area contributed by atoms with Crippen LogP contribution in [-0.2, 0) is 10.2 Å². The maximum absolute atomic E-state index is 12.5. The molecule has 0 saturated carbocycles. The Morgan fingerprint density at radius 3 is 2.39 bits per heavy atom. The Morgan fingerprint density at radius 1 is 1.00 bits per heavy atom. The average molecular weight is 500 g/mol. The molecule has 0 saturated heterocycles. The van der Waals surface area contributed by atoms with Crippen LogP contribution >= 0.6 is 11.8 Å². The highest BCUT2D eigenvalue weighted by Crippen LogP contribution is 2.30. The molecule has 0 fully saturated rings. The third-order valence-electron chi connectivity index (χ3n) is 5.52. The van der Waals surface area contributed by atoms with Gasteiger partial charge in [-0.25, -0.2) is 5.43 Å². The summed E-state index contributed by atoms with van der Waals surface area (Å²) < 4.78 is 7.27. The molecule has 0 spiro atoms. The lowest BCUT2D eigenvalue weighted by molar-refractivity contribution is -0.118. The van der Waals surface area contributed by atoms with Crippen LogP contribution in [0.1, 0.15) is 31.9 Å². The van der Waals surface area contributed by atoms with E-state index in [9.17, 15) is 4.79 Å². The molecule has 1 N–H and O–H groups in total. The fourth-order valence-corrected chi connectivity index (χ4v) is 4.33. The molecule has 4 aromatic rings. The first-order chi connectivity index (χ1) is 17.4. The second kappa shape index (κ2) is 11.2. The smallest absolute Gasteiger partial charge is 0.250 e. The number of hydrazone groups is 1. The van der Waals surface area contributed by atoms with Gasteiger partial charge in [0.25, 0.3) is 5.91 Å². The lowest BCUT2D eigenvalue weighted by Crippen LogP contribution is -2.20. The second-order valence-electron chi connectivity index (χ2n) is 9.13. The summed E-state index contributed by atoms with van der Waals surface area (Å²) in [5.41, 5.74) is 6.54. The first-order valence-electron chi connectivity index (χ1n) is 11.6. The van der Waals surface area contributed by atoms with Crippen molar-refractivity contribution in [2.75, 3.05) is 12.9 Å². The number of hydrogen-bond donors (Lipinski definition) is 1. The minimum Gasteiger partial charge on any atom is -0.496 e. The van der Waals surface area contributed by atoms with E-state index in [1.54, 1.807) is 13.3 Å². The highest BCUT2D eigenvalue weighted by molar-refractivity contribution is 7.99. The minimum atomic E-state index is -0.246. The monoisotopic (exact) mass is 499 g/mol. The van der Waals surface area contributed by atoms with Gasteiger partial charge in [-0.3, -0.25) is 9.36 Å². The number of hydrogen-bond acceptors (Lipinski definition) is 6. The zero-order valence-electron chi connectivity index (χ0n) is 20.8. The Kier molecular flexibility index (Phi) is 7.85. The highest BCUT2D eigenvalue weighted by Gasteiger charge is 2.19. The molecule has 36 heavy (non-hydrogen) atoms. The van der Waals surface area contributed by atoms with Gasteiger partial charge in [0.1, 0.15) is 5.75 Å². The topological polar surface area (TPSA) is 81.4 Å². The van der Waals surface area contributed by atoms with Gasteiger partial charge in [0.15, 0.2) is 11.0 Å². The number of thioether (sulfide) groups is 1. The molecule has 0 atom stereocenters. The summed E-state index contributed by atoms with van der Waals surface area (Å²) in [6, 6.07) is 25.7. The number of carbonyl (C=O) groups excluding carboxylic acids is 1. The van der Waals surface area contributed by atoms with Gasteiger partial charge in [-0.2, -0.15) is 5.10 Å². The zero-order chi connectivity index (χ0) is 25.5. The van der Waals surface area contributed by atoms with Crippen LogP contribution < -0.4 is 10.2 Å². The number of methoxy groups -OCH3 is 1. The SMILES string of the molecule is COc1ccccc1C=NNC(=O)CSc1nnc(-c2ccc(C(C)(C)C)cc2)n1-c1ccccc1. The highest BCUT2D eigenvalue weighted by atomic mass is 32.2.